The molecule has 106 valence electrons. The molecule has 0 saturated heterocycles. The average Bonchev–Trinajstić information content (AvgIpc) is 2.77. The Morgan fingerprint density at radius 1 is 0.857 bits per heavy atom. The zero-order valence-electron chi connectivity index (χ0n) is 11.2. The van der Waals surface area contributed by atoms with E-state index in [-0.39, 0.29) is 18.4 Å². The number of imide groups is 1. The molecule has 0 spiro atoms. The Labute approximate surface area is 126 Å². The van der Waals surface area contributed by atoms with Crippen molar-refractivity contribution in [3.8, 4) is 0 Å². The molecule has 5 heteroatoms. The Bertz CT molecular complexity index is 637. The number of fused-ring (bicyclic) bond motifs is 1. The molecule has 0 fully saturated rings. The lowest BCUT2D eigenvalue weighted by molar-refractivity contribution is 0.0636. The summed E-state index contributed by atoms with van der Waals surface area (Å²) in [7, 11) is 0. The highest BCUT2D eigenvalue weighted by Gasteiger charge is 2.34. The van der Waals surface area contributed by atoms with Gasteiger partial charge in [-0.15, -0.1) is 0 Å². The van der Waals surface area contributed by atoms with Gasteiger partial charge in [-0.05, 0) is 24.3 Å². The number of benzene rings is 2. The predicted molar refractivity (Wildman–Crippen MR) is 80.1 cm³/mol. The van der Waals surface area contributed by atoms with Crippen LogP contribution in [0.3, 0.4) is 0 Å². The van der Waals surface area contributed by atoms with Crippen LogP contribution in [0.25, 0.3) is 0 Å². The van der Waals surface area contributed by atoms with Crippen LogP contribution in [0, 0.1) is 0 Å². The minimum atomic E-state index is -0.246. The Morgan fingerprint density at radius 2 is 1.43 bits per heavy atom. The molecule has 0 aliphatic carbocycles. The van der Waals surface area contributed by atoms with Gasteiger partial charge in [-0.2, -0.15) is 0 Å². The Kier molecular flexibility index (Phi) is 4.03. The Balaban J connectivity index is 1.55. The van der Waals surface area contributed by atoms with Crippen molar-refractivity contribution in [3.63, 3.8) is 0 Å². The van der Waals surface area contributed by atoms with Crippen LogP contribution in [-0.4, -0.2) is 29.9 Å². The molecule has 2 amide bonds. The van der Waals surface area contributed by atoms with Crippen LogP contribution in [0.4, 0.5) is 0 Å². The lowest BCUT2D eigenvalue weighted by atomic mass is 10.1. The van der Waals surface area contributed by atoms with Crippen LogP contribution >= 0.6 is 12.0 Å². The van der Waals surface area contributed by atoms with E-state index >= 15 is 0 Å². The molecule has 1 aliphatic rings. The summed E-state index contributed by atoms with van der Waals surface area (Å²) < 4.78 is 5.45. The fourth-order valence-corrected chi connectivity index (χ4v) is 2.72. The molecule has 0 aromatic heterocycles. The molecule has 0 unspecified atom stereocenters. The molecule has 0 radical (unpaired) electrons. The second-order valence-electron chi connectivity index (χ2n) is 4.53. The second kappa shape index (κ2) is 6.11. The summed E-state index contributed by atoms with van der Waals surface area (Å²) >= 11 is 1.24. The molecular formula is C16H13NO3S. The first kappa shape index (κ1) is 13.9. The van der Waals surface area contributed by atoms with Crippen LogP contribution in [-0.2, 0) is 4.18 Å². The third-order valence-electron chi connectivity index (χ3n) is 3.17. The minimum Gasteiger partial charge on any atom is -0.308 e. The molecule has 1 heterocycles. The molecule has 1 aliphatic heterocycles. The van der Waals surface area contributed by atoms with Gasteiger partial charge in [0.1, 0.15) is 0 Å². The predicted octanol–water partition coefficient (Wildman–Crippen LogP) is 3.01. The van der Waals surface area contributed by atoms with Crippen LogP contribution in [0.15, 0.2) is 59.5 Å². The first-order valence-corrected chi connectivity index (χ1v) is 7.31. The van der Waals surface area contributed by atoms with Crippen molar-refractivity contribution in [2.24, 2.45) is 0 Å². The topological polar surface area (TPSA) is 46.6 Å². The molecule has 0 saturated carbocycles. The van der Waals surface area contributed by atoms with E-state index in [4.69, 9.17) is 4.18 Å². The lowest BCUT2D eigenvalue weighted by Crippen LogP contribution is -2.32. The normalized spacial score (nSPS) is 13.6. The molecule has 0 bridgehead atoms. The van der Waals surface area contributed by atoms with E-state index < -0.39 is 0 Å². The highest BCUT2D eigenvalue weighted by atomic mass is 32.2. The van der Waals surface area contributed by atoms with Crippen LogP contribution in [0.2, 0.25) is 0 Å². The quantitative estimate of drug-likeness (QED) is 0.484. The van der Waals surface area contributed by atoms with Gasteiger partial charge < -0.3 is 4.18 Å². The summed E-state index contributed by atoms with van der Waals surface area (Å²) in [4.78, 5) is 26.4. The van der Waals surface area contributed by atoms with E-state index in [0.717, 1.165) is 4.90 Å². The number of carbonyl (C=O) groups is 2. The van der Waals surface area contributed by atoms with Gasteiger partial charge in [0.05, 0.1) is 24.3 Å². The van der Waals surface area contributed by atoms with E-state index in [2.05, 4.69) is 0 Å². The summed E-state index contributed by atoms with van der Waals surface area (Å²) in [6, 6.07) is 16.5. The maximum atomic E-state index is 12.1. The van der Waals surface area contributed by atoms with Crippen molar-refractivity contribution in [1.82, 2.24) is 4.90 Å². The highest BCUT2D eigenvalue weighted by Crippen LogP contribution is 2.23. The van der Waals surface area contributed by atoms with Gasteiger partial charge in [-0.3, -0.25) is 14.5 Å². The van der Waals surface area contributed by atoms with Crippen molar-refractivity contribution in [2.45, 2.75) is 4.90 Å². The molecule has 2 aromatic carbocycles. The molecule has 21 heavy (non-hydrogen) atoms. The van der Waals surface area contributed by atoms with Crippen molar-refractivity contribution in [2.75, 3.05) is 13.2 Å². The Morgan fingerprint density at radius 3 is 2.05 bits per heavy atom. The largest absolute Gasteiger partial charge is 0.308 e. The zero-order chi connectivity index (χ0) is 14.7. The third kappa shape index (κ3) is 2.84. The SMILES string of the molecule is O=C1c2ccccc2C(=O)N1CCOSc1ccccc1. The van der Waals surface area contributed by atoms with E-state index in [1.165, 1.54) is 16.9 Å². The van der Waals surface area contributed by atoms with Crippen molar-refractivity contribution in [3.05, 3.63) is 65.7 Å². The van der Waals surface area contributed by atoms with E-state index in [0.29, 0.717) is 17.7 Å². The van der Waals surface area contributed by atoms with Gasteiger partial charge in [0, 0.05) is 16.9 Å². The summed E-state index contributed by atoms with van der Waals surface area (Å²) in [5, 5.41) is 0. The first-order valence-electron chi connectivity index (χ1n) is 6.57. The summed E-state index contributed by atoms with van der Waals surface area (Å²) in [6.45, 7) is 0.553. The summed E-state index contributed by atoms with van der Waals surface area (Å²) in [5.41, 5.74) is 0.941. The summed E-state index contributed by atoms with van der Waals surface area (Å²) in [5.74, 6) is -0.493. The number of nitrogens with zero attached hydrogens (tertiary/aromatic N) is 1. The third-order valence-corrected chi connectivity index (χ3v) is 3.92. The van der Waals surface area contributed by atoms with Crippen LogP contribution in [0.5, 0.6) is 0 Å². The van der Waals surface area contributed by atoms with Gasteiger partial charge >= 0.3 is 0 Å². The van der Waals surface area contributed by atoms with Crippen molar-refractivity contribution < 1.29 is 13.8 Å². The standard InChI is InChI=1S/C16H13NO3S/c18-15-13-8-4-5-9-14(13)16(19)17(15)10-11-20-21-12-6-2-1-3-7-12/h1-9H,10-11H2. The highest BCUT2D eigenvalue weighted by molar-refractivity contribution is 7.94. The Hall–Kier alpha value is -2.11. The number of amides is 2. The number of hydrogen-bond donors (Lipinski definition) is 0. The molecule has 2 aromatic rings. The molecule has 0 atom stereocenters. The van der Waals surface area contributed by atoms with Crippen LogP contribution in [0.1, 0.15) is 20.7 Å². The molecule has 0 N–H and O–H groups in total. The number of rotatable bonds is 5. The van der Waals surface area contributed by atoms with E-state index in [1.54, 1.807) is 24.3 Å². The first-order chi connectivity index (χ1) is 10.3. The minimum absolute atomic E-state index is 0.246. The second-order valence-corrected chi connectivity index (χ2v) is 5.40. The van der Waals surface area contributed by atoms with Gasteiger partial charge in [0.25, 0.3) is 11.8 Å². The van der Waals surface area contributed by atoms with Crippen LogP contribution < -0.4 is 0 Å². The van der Waals surface area contributed by atoms with Gasteiger partial charge in [-0.1, -0.05) is 30.3 Å². The van der Waals surface area contributed by atoms with E-state index in [9.17, 15) is 9.59 Å². The van der Waals surface area contributed by atoms with E-state index in [1.807, 2.05) is 30.3 Å². The maximum absolute atomic E-state index is 12.1. The lowest BCUT2D eigenvalue weighted by Gasteiger charge is -2.13. The number of carbonyl (C=O) groups excluding carboxylic acids is 2. The molecule has 4 nitrogen and oxygen atoms in total. The number of hydrogen-bond acceptors (Lipinski definition) is 4. The monoisotopic (exact) mass is 299 g/mol. The fraction of sp³-hybridized carbons (Fsp3) is 0.125. The molecule has 3 rings (SSSR count). The van der Waals surface area contributed by atoms with Gasteiger partial charge in [0.15, 0.2) is 0 Å². The van der Waals surface area contributed by atoms with Crippen molar-refractivity contribution in [1.29, 1.82) is 0 Å². The smallest absolute Gasteiger partial charge is 0.261 e. The summed E-state index contributed by atoms with van der Waals surface area (Å²) in [6.07, 6.45) is 0. The average molecular weight is 299 g/mol. The van der Waals surface area contributed by atoms with Gasteiger partial charge in [-0.25, -0.2) is 0 Å². The maximum Gasteiger partial charge on any atom is 0.261 e. The zero-order valence-corrected chi connectivity index (χ0v) is 12.0. The fourth-order valence-electron chi connectivity index (χ4n) is 2.16. The van der Waals surface area contributed by atoms with Gasteiger partial charge in [0.2, 0.25) is 0 Å². The van der Waals surface area contributed by atoms with Crippen molar-refractivity contribution >= 4 is 23.9 Å². The molecular weight excluding hydrogens is 286 g/mol.